The molecule has 0 bridgehead atoms. The first-order valence-electron chi connectivity index (χ1n) is 6.18. The highest BCUT2D eigenvalue weighted by Crippen LogP contribution is 2.20. The van der Waals surface area contributed by atoms with Crippen LogP contribution in [0.5, 0.6) is 0 Å². The van der Waals surface area contributed by atoms with Gasteiger partial charge in [-0.25, -0.2) is 0 Å². The lowest BCUT2D eigenvalue weighted by molar-refractivity contribution is -0.169. The fraction of sp³-hybridized carbons (Fsp3) is 0.833. The second-order valence-electron chi connectivity index (χ2n) is 4.51. The van der Waals surface area contributed by atoms with Crippen molar-refractivity contribution in [2.75, 3.05) is 26.4 Å². The maximum absolute atomic E-state index is 11.7. The Hall–Kier alpha value is -0.940. The van der Waals surface area contributed by atoms with Crippen molar-refractivity contribution in [3.63, 3.8) is 0 Å². The quantitative estimate of drug-likeness (QED) is 0.532. The Morgan fingerprint density at radius 3 is 1.47 bits per heavy atom. The van der Waals surface area contributed by atoms with E-state index in [0.717, 1.165) is 0 Å². The van der Waals surface area contributed by atoms with Crippen molar-refractivity contribution in [3.8, 4) is 0 Å². The van der Waals surface area contributed by atoms with E-state index in [1.165, 1.54) is 0 Å². The maximum atomic E-state index is 11.7. The van der Waals surface area contributed by atoms with Gasteiger partial charge >= 0.3 is 11.9 Å². The summed E-state index contributed by atoms with van der Waals surface area (Å²) in [4.78, 5) is 23.4. The molecule has 2 aliphatic heterocycles. The minimum Gasteiger partial charge on any atom is -0.393 e. The van der Waals surface area contributed by atoms with Crippen molar-refractivity contribution >= 4 is 11.9 Å². The lowest BCUT2D eigenvalue weighted by Crippen LogP contribution is -2.31. The number of esters is 2. The highest BCUT2D eigenvalue weighted by molar-refractivity contribution is 5.87. The molecule has 0 radical (unpaired) electrons. The number of carbonyl (C=O) groups excluding carboxylic acids is 2. The molecule has 5 nitrogen and oxygen atoms in total. The van der Waals surface area contributed by atoms with Gasteiger partial charge in [-0.15, -0.1) is 0 Å². The van der Waals surface area contributed by atoms with E-state index >= 15 is 0 Å². The Balaban J connectivity index is 1.78. The number of hydrogen-bond donors (Lipinski definition) is 0. The molecule has 0 amide bonds. The second kappa shape index (κ2) is 6.12. The van der Waals surface area contributed by atoms with Gasteiger partial charge in [0.25, 0.3) is 0 Å². The summed E-state index contributed by atoms with van der Waals surface area (Å²) >= 11 is 0. The zero-order chi connectivity index (χ0) is 12.1. The van der Waals surface area contributed by atoms with E-state index in [2.05, 4.69) is 0 Å². The van der Waals surface area contributed by atoms with Crippen LogP contribution in [0.1, 0.15) is 25.7 Å². The number of carbonyl (C=O) groups is 2. The standard InChI is InChI=1S/C12H18O5/c13-11(9-1-5-15-6-2-9)17-12(14)10-3-7-16-8-4-10/h9-10H,1-8H2. The fourth-order valence-electron chi connectivity index (χ4n) is 2.13. The molecule has 0 saturated carbocycles. The third-order valence-corrected chi connectivity index (χ3v) is 3.31. The molecule has 0 aromatic rings. The zero-order valence-electron chi connectivity index (χ0n) is 9.85. The molecule has 0 spiro atoms. The Morgan fingerprint density at radius 2 is 1.12 bits per heavy atom. The molecule has 0 N–H and O–H groups in total. The lowest BCUT2D eigenvalue weighted by Gasteiger charge is -2.23. The van der Waals surface area contributed by atoms with Crippen molar-refractivity contribution in [1.29, 1.82) is 0 Å². The van der Waals surface area contributed by atoms with Crippen LogP contribution >= 0.6 is 0 Å². The fourth-order valence-corrected chi connectivity index (χ4v) is 2.13. The van der Waals surface area contributed by atoms with E-state index in [-0.39, 0.29) is 23.8 Å². The summed E-state index contributed by atoms with van der Waals surface area (Å²) in [6.45, 7) is 2.30. The summed E-state index contributed by atoms with van der Waals surface area (Å²) in [5, 5.41) is 0. The van der Waals surface area contributed by atoms with E-state index < -0.39 is 0 Å². The molecule has 0 unspecified atom stereocenters. The normalized spacial score (nSPS) is 23.3. The average molecular weight is 242 g/mol. The highest BCUT2D eigenvalue weighted by Gasteiger charge is 2.29. The van der Waals surface area contributed by atoms with Crippen molar-refractivity contribution in [2.45, 2.75) is 25.7 Å². The maximum Gasteiger partial charge on any atom is 0.316 e. The molecule has 2 aliphatic rings. The number of rotatable bonds is 2. The molecule has 5 heteroatoms. The van der Waals surface area contributed by atoms with Crippen LogP contribution < -0.4 is 0 Å². The van der Waals surface area contributed by atoms with Gasteiger partial charge in [-0.1, -0.05) is 0 Å². The second-order valence-corrected chi connectivity index (χ2v) is 4.51. The highest BCUT2D eigenvalue weighted by atomic mass is 16.6. The van der Waals surface area contributed by atoms with E-state index in [0.29, 0.717) is 52.1 Å². The number of hydrogen-bond acceptors (Lipinski definition) is 5. The van der Waals surface area contributed by atoms with Crippen LogP contribution in [0.15, 0.2) is 0 Å². The SMILES string of the molecule is O=C(OC(=O)C1CCOCC1)C1CCOCC1. The summed E-state index contributed by atoms with van der Waals surface area (Å²) in [6, 6.07) is 0. The third-order valence-electron chi connectivity index (χ3n) is 3.31. The van der Waals surface area contributed by atoms with Crippen LogP contribution in [0.25, 0.3) is 0 Å². The Kier molecular flexibility index (Phi) is 4.50. The summed E-state index contributed by atoms with van der Waals surface area (Å²) in [5.74, 6) is -1.12. The summed E-state index contributed by atoms with van der Waals surface area (Å²) in [7, 11) is 0. The molecule has 2 heterocycles. The minimum absolute atomic E-state index is 0.174. The monoisotopic (exact) mass is 242 g/mol. The van der Waals surface area contributed by atoms with Crippen molar-refractivity contribution in [2.24, 2.45) is 11.8 Å². The van der Waals surface area contributed by atoms with Gasteiger partial charge in [-0.3, -0.25) is 9.59 Å². The van der Waals surface area contributed by atoms with Gasteiger partial charge in [0.2, 0.25) is 0 Å². The molecule has 17 heavy (non-hydrogen) atoms. The molecular weight excluding hydrogens is 224 g/mol. The van der Waals surface area contributed by atoms with Gasteiger partial charge in [-0.2, -0.15) is 0 Å². The molecule has 0 atom stereocenters. The first-order valence-corrected chi connectivity index (χ1v) is 6.18. The van der Waals surface area contributed by atoms with Gasteiger partial charge in [0.15, 0.2) is 0 Å². The largest absolute Gasteiger partial charge is 0.393 e. The molecular formula is C12H18O5. The third kappa shape index (κ3) is 3.51. The van der Waals surface area contributed by atoms with E-state index in [1.807, 2.05) is 0 Å². The summed E-state index contributed by atoms with van der Waals surface area (Å²) in [5.41, 5.74) is 0. The lowest BCUT2D eigenvalue weighted by atomic mass is 9.99. The van der Waals surface area contributed by atoms with Crippen LogP contribution in [0.4, 0.5) is 0 Å². The molecule has 0 aliphatic carbocycles. The Morgan fingerprint density at radius 1 is 0.765 bits per heavy atom. The topological polar surface area (TPSA) is 61.8 Å². The minimum atomic E-state index is -0.384. The van der Waals surface area contributed by atoms with Crippen LogP contribution in [0.3, 0.4) is 0 Å². The number of ether oxygens (including phenoxy) is 3. The van der Waals surface area contributed by atoms with Crippen LogP contribution in [-0.4, -0.2) is 38.4 Å². The molecule has 2 fully saturated rings. The molecule has 2 saturated heterocycles. The summed E-state index contributed by atoms with van der Waals surface area (Å²) < 4.78 is 15.3. The van der Waals surface area contributed by atoms with Gasteiger partial charge in [0, 0.05) is 26.4 Å². The Bertz CT molecular complexity index is 249. The molecule has 0 aromatic carbocycles. The van der Waals surface area contributed by atoms with Crippen molar-refractivity contribution < 1.29 is 23.8 Å². The molecule has 96 valence electrons. The first kappa shape index (κ1) is 12.5. The van der Waals surface area contributed by atoms with Gasteiger partial charge in [0.05, 0.1) is 11.8 Å². The smallest absolute Gasteiger partial charge is 0.316 e. The van der Waals surface area contributed by atoms with E-state index in [9.17, 15) is 9.59 Å². The van der Waals surface area contributed by atoms with Gasteiger partial charge in [0.1, 0.15) is 0 Å². The Labute approximate surface area is 100 Å². The first-order chi connectivity index (χ1) is 8.27. The zero-order valence-corrected chi connectivity index (χ0v) is 9.85. The van der Waals surface area contributed by atoms with Gasteiger partial charge < -0.3 is 14.2 Å². The van der Waals surface area contributed by atoms with E-state index in [4.69, 9.17) is 14.2 Å². The molecule has 0 aromatic heterocycles. The average Bonchev–Trinajstić information content (AvgIpc) is 2.40. The molecule has 2 rings (SSSR count). The van der Waals surface area contributed by atoms with Crippen molar-refractivity contribution in [1.82, 2.24) is 0 Å². The van der Waals surface area contributed by atoms with Crippen LogP contribution in [0, 0.1) is 11.8 Å². The van der Waals surface area contributed by atoms with Crippen LogP contribution in [-0.2, 0) is 23.8 Å². The van der Waals surface area contributed by atoms with Gasteiger partial charge in [-0.05, 0) is 25.7 Å². The summed E-state index contributed by atoms with van der Waals surface area (Å²) in [6.07, 6.45) is 2.61. The van der Waals surface area contributed by atoms with E-state index in [1.54, 1.807) is 0 Å². The predicted molar refractivity (Wildman–Crippen MR) is 58.2 cm³/mol. The van der Waals surface area contributed by atoms with Crippen molar-refractivity contribution in [3.05, 3.63) is 0 Å². The van der Waals surface area contributed by atoms with Crippen LogP contribution in [0.2, 0.25) is 0 Å². The predicted octanol–water partition coefficient (Wildman–Crippen LogP) is 0.909.